The van der Waals surface area contributed by atoms with E-state index in [0.717, 1.165) is 49.7 Å². The average Bonchev–Trinajstić information content (AvgIpc) is 3.35. The maximum absolute atomic E-state index is 4.03. The summed E-state index contributed by atoms with van der Waals surface area (Å²) in [7, 11) is 4.23. The van der Waals surface area contributed by atoms with E-state index in [2.05, 4.69) is 161 Å². The monoisotopic (exact) mass is 622 g/mol. The van der Waals surface area contributed by atoms with Gasteiger partial charge in [0.05, 0.1) is 0 Å². The Morgan fingerprint density at radius 2 is 1.62 bits per heavy atom. The van der Waals surface area contributed by atoms with Gasteiger partial charge in [0.15, 0.2) is 0 Å². The summed E-state index contributed by atoms with van der Waals surface area (Å²) in [5.74, 6) is 0. The molecular formula is C45H54N2. The van der Waals surface area contributed by atoms with Gasteiger partial charge in [0.2, 0.25) is 0 Å². The third-order valence-corrected chi connectivity index (χ3v) is 9.89. The van der Waals surface area contributed by atoms with Crippen LogP contribution in [-0.2, 0) is 12.8 Å². The standard InChI is InChI=1S/C45H54N2/c1-9-18-42-39(12-4)34-45(6,32-30-37-26-22-35(10-2)23-27-37)43(47(42)8)21-16-17-31-44(5,33-38-28-24-36(11-3)25-29-38)40-19-14-13-15-20-41(40)46-7/h9-13,15-29,46H,1-3,14,30-34H2,4-8H3/b17-16+,39-12-,42-18+,43-21+. The van der Waals surface area contributed by atoms with Crippen molar-refractivity contribution in [2.75, 3.05) is 14.1 Å². The van der Waals surface area contributed by atoms with E-state index in [1.165, 1.54) is 39.4 Å². The minimum Gasteiger partial charge on any atom is -0.388 e. The Morgan fingerprint density at radius 1 is 0.957 bits per heavy atom. The van der Waals surface area contributed by atoms with E-state index in [9.17, 15) is 0 Å². The smallest absolute Gasteiger partial charge is 0.0435 e. The largest absolute Gasteiger partial charge is 0.388 e. The number of piperidine rings is 1. The predicted molar refractivity (Wildman–Crippen MR) is 207 cm³/mol. The summed E-state index contributed by atoms with van der Waals surface area (Å²) in [4.78, 5) is 2.38. The maximum atomic E-state index is 4.03. The van der Waals surface area contributed by atoms with Crippen LogP contribution in [0.2, 0.25) is 0 Å². The number of allylic oxidation sites excluding steroid dienone is 13. The Kier molecular flexibility index (Phi) is 12.3. The summed E-state index contributed by atoms with van der Waals surface area (Å²) in [6.45, 7) is 18.9. The van der Waals surface area contributed by atoms with Gasteiger partial charge in [-0.25, -0.2) is 0 Å². The van der Waals surface area contributed by atoms with Gasteiger partial charge >= 0.3 is 0 Å². The van der Waals surface area contributed by atoms with E-state index in [-0.39, 0.29) is 10.8 Å². The lowest BCUT2D eigenvalue weighted by atomic mass is 9.71. The number of likely N-dealkylation sites (N-methyl/N-ethyl adjacent to an activating group) is 2. The lowest BCUT2D eigenvalue weighted by molar-refractivity contribution is 0.254. The van der Waals surface area contributed by atoms with Crippen LogP contribution in [0.5, 0.6) is 0 Å². The van der Waals surface area contributed by atoms with Gasteiger partial charge in [-0.3, -0.25) is 0 Å². The zero-order valence-corrected chi connectivity index (χ0v) is 29.4. The first-order chi connectivity index (χ1) is 22.7. The zero-order valence-electron chi connectivity index (χ0n) is 29.4. The van der Waals surface area contributed by atoms with E-state index in [1.54, 1.807) is 0 Å². The highest BCUT2D eigenvalue weighted by Crippen LogP contribution is 2.48. The topological polar surface area (TPSA) is 15.3 Å². The molecule has 0 spiro atoms. The molecule has 1 heterocycles. The lowest BCUT2D eigenvalue weighted by Gasteiger charge is -2.45. The first-order valence-electron chi connectivity index (χ1n) is 17.0. The van der Waals surface area contributed by atoms with Crippen LogP contribution in [0, 0.1) is 10.8 Å². The van der Waals surface area contributed by atoms with E-state index in [1.807, 2.05) is 25.3 Å². The van der Waals surface area contributed by atoms with E-state index >= 15 is 0 Å². The molecule has 2 aromatic carbocycles. The fourth-order valence-corrected chi connectivity index (χ4v) is 7.11. The van der Waals surface area contributed by atoms with Crippen molar-refractivity contribution in [1.29, 1.82) is 0 Å². The van der Waals surface area contributed by atoms with Crippen molar-refractivity contribution in [2.24, 2.45) is 10.8 Å². The van der Waals surface area contributed by atoms with E-state index in [4.69, 9.17) is 0 Å². The number of hydrogen-bond donors (Lipinski definition) is 1. The highest BCUT2D eigenvalue weighted by molar-refractivity contribution is 5.49. The Hall–Kier alpha value is -4.56. The van der Waals surface area contributed by atoms with Crippen molar-refractivity contribution in [3.05, 3.63) is 180 Å². The molecule has 0 bridgehead atoms. The molecule has 0 radical (unpaired) electrons. The number of benzene rings is 2. The van der Waals surface area contributed by atoms with Crippen molar-refractivity contribution in [3.63, 3.8) is 0 Å². The van der Waals surface area contributed by atoms with Crippen molar-refractivity contribution in [1.82, 2.24) is 10.2 Å². The molecule has 0 aromatic heterocycles. The highest BCUT2D eigenvalue weighted by atomic mass is 15.1. The van der Waals surface area contributed by atoms with Crippen LogP contribution in [-0.4, -0.2) is 19.0 Å². The van der Waals surface area contributed by atoms with Crippen LogP contribution >= 0.6 is 0 Å². The maximum Gasteiger partial charge on any atom is 0.0435 e. The first kappa shape index (κ1) is 35.3. The van der Waals surface area contributed by atoms with Crippen molar-refractivity contribution in [3.8, 4) is 0 Å². The van der Waals surface area contributed by atoms with Crippen molar-refractivity contribution >= 4 is 12.2 Å². The minimum atomic E-state index is -0.100. The second kappa shape index (κ2) is 16.3. The number of nitrogens with one attached hydrogen (secondary N) is 1. The molecule has 1 saturated heterocycles. The van der Waals surface area contributed by atoms with Gasteiger partial charge < -0.3 is 10.2 Å². The summed E-state index contributed by atoms with van der Waals surface area (Å²) in [6.07, 6.45) is 32.0. The van der Waals surface area contributed by atoms with E-state index < -0.39 is 0 Å². The molecule has 2 heteroatoms. The quantitative estimate of drug-likeness (QED) is 0.239. The molecule has 0 saturated carbocycles. The lowest BCUT2D eigenvalue weighted by Crippen LogP contribution is -2.37. The Balaban J connectivity index is 1.68. The third kappa shape index (κ3) is 8.63. The molecule has 2 aliphatic rings. The fourth-order valence-electron chi connectivity index (χ4n) is 7.11. The van der Waals surface area contributed by atoms with Crippen molar-refractivity contribution in [2.45, 2.75) is 59.3 Å². The van der Waals surface area contributed by atoms with Gasteiger partial charge in [-0.05, 0) is 97.1 Å². The number of nitrogens with zero attached hydrogens (tertiary/aromatic N) is 1. The average molecular weight is 623 g/mol. The molecule has 1 aliphatic carbocycles. The predicted octanol–water partition coefficient (Wildman–Crippen LogP) is 11.3. The van der Waals surface area contributed by atoms with Crippen molar-refractivity contribution < 1.29 is 0 Å². The van der Waals surface area contributed by atoms with Gasteiger partial charge in [-0.15, -0.1) is 0 Å². The molecule has 1 aliphatic heterocycles. The van der Waals surface area contributed by atoms with Gasteiger partial charge in [-0.2, -0.15) is 0 Å². The summed E-state index contributed by atoms with van der Waals surface area (Å²) in [5, 5.41) is 3.48. The molecule has 47 heavy (non-hydrogen) atoms. The summed E-state index contributed by atoms with van der Waals surface area (Å²) >= 11 is 0. The Bertz CT molecular complexity index is 1630. The molecule has 2 nitrogen and oxygen atoms in total. The molecule has 4 rings (SSSR count). The highest BCUT2D eigenvalue weighted by Gasteiger charge is 2.38. The van der Waals surface area contributed by atoms with Gasteiger partial charge in [0, 0.05) is 42.0 Å². The van der Waals surface area contributed by atoms with Crippen LogP contribution in [0.15, 0.2) is 157 Å². The molecule has 1 N–H and O–H groups in total. The number of likely N-dealkylation sites (tertiary alicyclic amines) is 1. The number of hydrogen-bond acceptors (Lipinski definition) is 2. The van der Waals surface area contributed by atoms with Crippen LogP contribution in [0.3, 0.4) is 0 Å². The number of aryl methyl sites for hydroxylation is 1. The van der Waals surface area contributed by atoms with Crippen LogP contribution in [0.4, 0.5) is 0 Å². The molecule has 2 unspecified atom stereocenters. The SMILES string of the molecule is C=C/C=C1\C(=C/C)CC(C)(CCc2ccc(C=C)cc2)/C(=C\C=C\CC(C)(Cc2ccc(C=C)cc2)C2=CCC=CC=C2NC)N1C. The zero-order chi connectivity index (χ0) is 33.9. The molecule has 244 valence electrons. The van der Waals surface area contributed by atoms with Crippen LogP contribution in [0.25, 0.3) is 12.2 Å². The fraction of sp³-hybridized carbons (Fsp3) is 0.289. The summed E-state index contributed by atoms with van der Waals surface area (Å²) < 4.78 is 0. The van der Waals surface area contributed by atoms with Gasteiger partial charge in [0.1, 0.15) is 0 Å². The van der Waals surface area contributed by atoms with Crippen LogP contribution in [0.1, 0.15) is 68.7 Å². The molecule has 1 fully saturated rings. The normalized spacial score (nSPS) is 22.1. The van der Waals surface area contributed by atoms with Crippen LogP contribution < -0.4 is 5.32 Å². The molecular weight excluding hydrogens is 569 g/mol. The van der Waals surface area contributed by atoms with E-state index in [0.29, 0.717) is 0 Å². The summed E-state index contributed by atoms with van der Waals surface area (Å²) in [6, 6.07) is 17.7. The second-order valence-electron chi connectivity index (χ2n) is 13.3. The van der Waals surface area contributed by atoms with Gasteiger partial charge in [0.25, 0.3) is 0 Å². The Morgan fingerprint density at radius 3 is 2.21 bits per heavy atom. The number of rotatable bonds is 13. The second-order valence-corrected chi connectivity index (χ2v) is 13.3. The van der Waals surface area contributed by atoms with Gasteiger partial charge in [-0.1, -0.05) is 137 Å². The molecule has 2 aromatic rings. The first-order valence-corrected chi connectivity index (χ1v) is 17.0. The third-order valence-electron chi connectivity index (χ3n) is 9.89. The molecule has 0 amide bonds. The summed E-state index contributed by atoms with van der Waals surface area (Å²) in [5.41, 5.74) is 11.4. The minimum absolute atomic E-state index is 0.0235. The Labute approximate surface area is 285 Å². The molecule has 2 atom stereocenters.